The number of nitrogens with zero attached hydrogens (tertiary/aromatic N) is 2. The van der Waals surface area contributed by atoms with Crippen molar-refractivity contribution in [3.05, 3.63) is 65.9 Å². The van der Waals surface area contributed by atoms with Crippen molar-refractivity contribution in [3.63, 3.8) is 0 Å². The number of ether oxygens (including phenoxy) is 2. The largest absolute Gasteiger partial charge is 0.496 e. The SMILES string of the molecule is CCCCNC(=O)CC(NC(=O)c1cc(-c2c(OC)cccc2OCc2ccccc2)n(CC2CCCCC2)n1)C(C)C. The van der Waals surface area contributed by atoms with Crippen LogP contribution in [0.2, 0.25) is 0 Å². The second-order valence-corrected chi connectivity index (χ2v) is 11.9. The molecule has 0 radical (unpaired) electrons. The van der Waals surface area contributed by atoms with Crippen LogP contribution >= 0.6 is 0 Å². The molecule has 43 heavy (non-hydrogen) atoms. The predicted octanol–water partition coefficient (Wildman–Crippen LogP) is 6.78. The lowest BCUT2D eigenvalue weighted by Crippen LogP contribution is -2.42. The van der Waals surface area contributed by atoms with E-state index in [-0.39, 0.29) is 30.2 Å². The van der Waals surface area contributed by atoms with E-state index in [0.717, 1.165) is 42.5 Å². The van der Waals surface area contributed by atoms with Crippen LogP contribution in [0, 0.1) is 11.8 Å². The number of rotatable bonds is 15. The highest BCUT2D eigenvalue weighted by Gasteiger charge is 2.26. The monoisotopic (exact) mass is 588 g/mol. The number of benzene rings is 2. The average molecular weight is 589 g/mol. The Kier molecular flexibility index (Phi) is 12.1. The predicted molar refractivity (Wildman–Crippen MR) is 170 cm³/mol. The zero-order chi connectivity index (χ0) is 30.6. The van der Waals surface area contributed by atoms with Gasteiger partial charge < -0.3 is 20.1 Å². The fraction of sp³-hybridized carbons (Fsp3) is 0.514. The molecule has 1 aliphatic rings. The molecule has 232 valence electrons. The number of carbonyl (C=O) groups excluding carboxylic acids is 2. The summed E-state index contributed by atoms with van der Waals surface area (Å²) in [4.78, 5) is 26.2. The minimum Gasteiger partial charge on any atom is -0.496 e. The summed E-state index contributed by atoms with van der Waals surface area (Å²) in [7, 11) is 1.65. The van der Waals surface area contributed by atoms with Crippen LogP contribution in [-0.4, -0.2) is 41.3 Å². The van der Waals surface area contributed by atoms with Gasteiger partial charge in [0.2, 0.25) is 5.91 Å². The number of nitrogens with one attached hydrogen (secondary N) is 2. The first-order chi connectivity index (χ1) is 20.9. The Labute approximate surface area is 256 Å². The van der Waals surface area contributed by atoms with Crippen molar-refractivity contribution in [1.29, 1.82) is 0 Å². The highest BCUT2D eigenvalue weighted by Crippen LogP contribution is 2.40. The molecule has 1 saturated carbocycles. The van der Waals surface area contributed by atoms with Gasteiger partial charge in [-0.15, -0.1) is 0 Å². The molecule has 2 aromatic carbocycles. The summed E-state index contributed by atoms with van der Waals surface area (Å²) in [6.07, 6.45) is 8.17. The lowest BCUT2D eigenvalue weighted by molar-refractivity contribution is -0.121. The standard InChI is InChI=1S/C35H48N4O4/c1-5-6-20-36-33(40)22-28(25(2)3)37-35(41)29-21-30(39(38-29)23-26-14-9-7-10-15-26)34-31(42-4)18-13-19-32(34)43-24-27-16-11-8-12-17-27/h8,11-13,16-19,21,25-26,28H,5-7,9-10,14-15,20,22-24H2,1-4H3,(H,36,40)(H,37,41). The van der Waals surface area contributed by atoms with Crippen LogP contribution in [0.25, 0.3) is 11.3 Å². The molecule has 1 unspecified atom stereocenters. The molecule has 2 amide bonds. The van der Waals surface area contributed by atoms with Crippen LogP contribution < -0.4 is 20.1 Å². The lowest BCUT2D eigenvalue weighted by Gasteiger charge is -2.23. The Hall–Kier alpha value is -3.81. The minimum absolute atomic E-state index is 0.0507. The Bertz CT molecular complexity index is 1310. The Morgan fingerprint density at radius 1 is 1.02 bits per heavy atom. The van der Waals surface area contributed by atoms with E-state index in [1.54, 1.807) is 7.11 Å². The second kappa shape index (κ2) is 16.1. The van der Waals surface area contributed by atoms with Gasteiger partial charge in [-0.2, -0.15) is 5.10 Å². The van der Waals surface area contributed by atoms with E-state index in [0.29, 0.717) is 42.8 Å². The molecule has 0 saturated heterocycles. The van der Waals surface area contributed by atoms with Gasteiger partial charge in [-0.1, -0.05) is 82.9 Å². The number of methoxy groups -OCH3 is 1. The molecule has 1 aliphatic carbocycles. The van der Waals surface area contributed by atoms with E-state index in [4.69, 9.17) is 14.6 Å². The smallest absolute Gasteiger partial charge is 0.272 e. The molecular weight excluding hydrogens is 540 g/mol. The molecule has 1 aromatic heterocycles. The van der Waals surface area contributed by atoms with Crippen molar-refractivity contribution >= 4 is 11.8 Å². The van der Waals surface area contributed by atoms with E-state index >= 15 is 0 Å². The Balaban J connectivity index is 1.64. The molecule has 3 aromatic rings. The normalized spacial score (nSPS) is 14.3. The molecule has 0 bridgehead atoms. The summed E-state index contributed by atoms with van der Waals surface area (Å²) < 4.78 is 14.1. The first-order valence-corrected chi connectivity index (χ1v) is 15.9. The van der Waals surface area contributed by atoms with Crippen LogP contribution in [0.4, 0.5) is 0 Å². The maximum atomic E-state index is 13.7. The van der Waals surface area contributed by atoms with Crippen molar-refractivity contribution in [2.24, 2.45) is 11.8 Å². The molecule has 1 fully saturated rings. The van der Waals surface area contributed by atoms with Crippen molar-refractivity contribution in [1.82, 2.24) is 20.4 Å². The summed E-state index contributed by atoms with van der Waals surface area (Å²) in [5.41, 5.74) is 2.95. The summed E-state index contributed by atoms with van der Waals surface area (Å²) in [6, 6.07) is 17.3. The van der Waals surface area contributed by atoms with Gasteiger partial charge >= 0.3 is 0 Å². The summed E-state index contributed by atoms with van der Waals surface area (Å²) >= 11 is 0. The zero-order valence-electron chi connectivity index (χ0n) is 26.2. The number of amides is 2. The van der Waals surface area contributed by atoms with Crippen LogP contribution in [0.5, 0.6) is 11.5 Å². The molecule has 1 atom stereocenters. The van der Waals surface area contributed by atoms with E-state index in [1.165, 1.54) is 19.3 Å². The van der Waals surface area contributed by atoms with Crippen LogP contribution in [0.3, 0.4) is 0 Å². The van der Waals surface area contributed by atoms with E-state index in [9.17, 15) is 9.59 Å². The lowest BCUT2D eigenvalue weighted by atomic mass is 9.89. The Morgan fingerprint density at radius 3 is 2.47 bits per heavy atom. The first-order valence-electron chi connectivity index (χ1n) is 15.9. The second-order valence-electron chi connectivity index (χ2n) is 11.9. The van der Waals surface area contributed by atoms with E-state index in [1.807, 2.05) is 73.1 Å². The highest BCUT2D eigenvalue weighted by molar-refractivity contribution is 5.94. The van der Waals surface area contributed by atoms with Gasteiger partial charge in [-0.3, -0.25) is 14.3 Å². The molecule has 8 heteroatoms. The summed E-state index contributed by atoms with van der Waals surface area (Å²) in [5.74, 6) is 1.56. The quantitative estimate of drug-likeness (QED) is 0.191. The third kappa shape index (κ3) is 9.09. The number of hydrogen-bond acceptors (Lipinski definition) is 5. The maximum Gasteiger partial charge on any atom is 0.272 e. The van der Waals surface area contributed by atoms with Crippen LogP contribution in [0.15, 0.2) is 54.6 Å². The van der Waals surface area contributed by atoms with Crippen LogP contribution in [-0.2, 0) is 17.9 Å². The van der Waals surface area contributed by atoms with Crippen molar-refractivity contribution < 1.29 is 19.1 Å². The molecule has 0 aliphatic heterocycles. The van der Waals surface area contributed by atoms with Crippen molar-refractivity contribution in [2.75, 3.05) is 13.7 Å². The highest BCUT2D eigenvalue weighted by atomic mass is 16.5. The van der Waals surface area contributed by atoms with E-state index in [2.05, 4.69) is 17.6 Å². The van der Waals surface area contributed by atoms with Crippen molar-refractivity contribution in [2.45, 2.75) is 91.3 Å². The van der Waals surface area contributed by atoms with Gasteiger partial charge in [0.25, 0.3) is 5.91 Å². The van der Waals surface area contributed by atoms with Gasteiger partial charge in [0.15, 0.2) is 5.69 Å². The molecule has 0 spiro atoms. The summed E-state index contributed by atoms with van der Waals surface area (Å²) in [6.45, 7) is 7.89. The fourth-order valence-electron chi connectivity index (χ4n) is 5.64. The number of aromatic nitrogens is 2. The number of hydrogen-bond donors (Lipinski definition) is 2. The zero-order valence-corrected chi connectivity index (χ0v) is 26.2. The first kappa shape index (κ1) is 32.1. The average Bonchev–Trinajstić information content (AvgIpc) is 3.43. The molecule has 4 rings (SSSR count). The minimum atomic E-state index is -0.308. The van der Waals surface area contributed by atoms with Gasteiger partial charge in [0.1, 0.15) is 18.1 Å². The van der Waals surface area contributed by atoms with Gasteiger partial charge in [0, 0.05) is 25.6 Å². The van der Waals surface area contributed by atoms with Gasteiger partial charge in [-0.25, -0.2) is 0 Å². The fourth-order valence-corrected chi connectivity index (χ4v) is 5.64. The number of carbonyl (C=O) groups is 2. The van der Waals surface area contributed by atoms with Crippen LogP contribution in [0.1, 0.15) is 88.2 Å². The summed E-state index contributed by atoms with van der Waals surface area (Å²) in [5, 5.41) is 10.9. The van der Waals surface area contributed by atoms with Gasteiger partial charge in [0.05, 0.1) is 18.4 Å². The molecular formula is C35H48N4O4. The van der Waals surface area contributed by atoms with E-state index < -0.39 is 0 Å². The van der Waals surface area contributed by atoms with Gasteiger partial charge in [-0.05, 0) is 54.9 Å². The number of unbranched alkanes of at least 4 members (excludes halogenated alkanes) is 1. The molecule has 2 N–H and O–H groups in total. The Morgan fingerprint density at radius 2 is 1.77 bits per heavy atom. The topological polar surface area (TPSA) is 94.5 Å². The van der Waals surface area contributed by atoms with Crippen molar-refractivity contribution in [3.8, 4) is 22.8 Å². The maximum absolute atomic E-state index is 13.7. The third-order valence-corrected chi connectivity index (χ3v) is 8.25. The molecule has 1 heterocycles. The molecule has 8 nitrogen and oxygen atoms in total. The third-order valence-electron chi connectivity index (χ3n) is 8.25.